The summed E-state index contributed by atoms with van der Waals surface area (Å²) in [4.78, 5) is 22.7. The van der Waals surface area contributed by atoms with Crippen molar-refractivity contribution in [3.05, 3.63) is 51.7 Å². The molecule has 0 saturated carbocycles. The van der Waals surface area contributed by atoms with Gasteiger partial charge in [-0.1, -0.05) is 24.8 Å². The van der Waals surface area contributed by atoms with Crippen LogP contribution in [0.2, 0.25) is 0 Å². The number of pyridine rings is 1. The maximum absolute atomic E-state index is 11.3. The first kappa shape index (κ1) is 12.8. The zero-order valence-electron chi connectivity index (χ0n) is 10.4. The first-order valence-electron chi connectivity index (χ1n) is 5.82. The number of H-pyrrole nitrogens is 1. The number of rotatable bonds is 4. The SMILES string of the molecule is CCc1cccnc1CSc1nc(C)cc(=O)[nH]1. The highest BCUT2D eigenvalue weighted by Gasteiger charge is 2.04. The Hall–Kier alpha value is -1.62. The summed E-state index contributed by atoms with van der Waals surface area (Å²) < 4.78 is 0. The molecule has 0 aromatic carbocycles. The number of thioether (sulfide) groups is 1. The molecule has 4 nitrogen and oxygen atoms in total. The van der Waals surface area contributed by atoms with Gasteiger partial charge in [0.2, 0.25) is 0 Å². The third-order valence-corrected chi connectivity index (χ3v) is 3.44. The summed E-state index contributed by atoms with van der Waals surface area (Å²) in [5.74, 6) is 0.719. The Labute approximate surface area is 110 Å². The molecule has 94 valence electrons. The standard InChI is InChI=1S/C13H15N3OS/c1-3-10-5-4-6-14-11(10)8-18-13-15-9(2)7-12(17)16-13/h4-7H,3,8H2,1-2H3,(H,15,16,17). The molecule has 2 rings (SSSR count). The molecule has 2 aromatic heterocycles. The molecule has 2 aromatic rings. The molecule has 2 heterocycles. The van der Waals surface area contributed by atoms with Crippen LogP contribution in [0.5, 0.6) is 0 Å². The molecular weight excluding hydrogens is 246 g/mol. The molecule has 0 amide bonds. The van der Waals surface area contributed by atoms with Gasteiger partial charge in [0.05, 0.1) is 5.69 Å². The third kappa shape index (κ3) is 3.20. The van der Waals surface area contributed by atoms with Crippen LogP contribution in [0.3, 0.4) is 0 Å². The number of aryl methyl sites for hydroxylation is 2. The second-order valence-electron chi connectivity index (χ2n) is 3.94. The fraction of sp³-hybridized carbons (Fsp3) is 0.308. The van der Waals surface area contributed by atoms with Gasteiger partial charge in [-0.15, -0.1) is 0 Å². The second kappa shape index (κ2) is 5.82. The van der Waals surface area contributed by atoms with Gasteiger partial charge >= 0.3 is 0 Å². The van der Waals surface area contributed by atoms with E-state index in [1.54, 1.807) is 6.20 Å². The van der Waals surface area contributed by atoms with E-state index in [0.29, 0.717) is 5.16 Å². The van der Waals surface area contributed by atoms with E-state index in [0.717, 1.165) is 23.6 Å². The maximum Gasteiger partial charge on any atom is 0.251 e. The molecule has 0 radical (unpaired) electrons. The monoisotopic (exact) mass is 261 g/mol. The van der Waals surface area contributed by atoms with Crippen molar-refractivity contribution < 1.29 is 0 Å². The average molecular weight is 261 g/mol. The van der Waals surface area contributed by atoms with Crippen molar-refractivity contribution in [3.8, 4) is 0 Å². The van der Waals surface area contributed by atoms with Crippen molar-refractivity contribution in [3.63, 3.8) is 0 Å². The summed E-state index contributed by atoms with van der Waals surface area (Å²) >= 11 is 1.50. The van der Waals surface area contributed by atoms with Gasteiger partial charge < -0.3 is 4.98 Å². The Morgan fingerprint density at radius 3 is 3.00 bits per heavy atom. The lowest BCUT2D eigenvalue weighted by Gasteiger charge is -2.05. The minimum atomic E-state index is -0.110. The van der Waals surface area contributed by atoms with E-state index < -0.39 is 0 Å². The van der Waals surface area contributed by atoms with Crippen LogP contribution in [0.1, 0.15) is 23.9 Å². The number of aromatic amines is 1. The average Bonchev–Trinajstić information content (AvgIpc) is 2.35. The van der Waals surface area contributed by atoms with Gasteiger partial charge in [-0.2, -0.15) is 0 Å². The van der Waals surface area contributed by atoms with Gasteiger partial charge in [0.25, 0.3) is 5.56 Å². The van der Waals surface area contributed by atoms with Crippen LogP contribution in [0.15, 0.2) is 34.3 Å². The molecule has 0 bridgehead atoms. The first-order valence-corrected chi connectivity index (χ1v) is 6.81. The van der Waals surface area contributed by atoms with E-state index in [1.807, 2.05) is 13.0 Å². The van der Waals surface area contributed by atoms with Crippen molar-refractivity contribution in [2.45, 2.75) is 31.2 Å². The predicted molar refractivity (Wildman–Crippen MR) is 72.8 cm³/mol. The Morgan fingerprint density at radius 2 is 2.28 bits per heavy atom. The zero-order chi connectivity index (χ0) is 13.0. The molecule has 0 aliphatic heterocycles. The molecule has 0 saturated heterocycles. The number of hydrogen-bond donors (Lipinski definition) is 1. The van der Waals surface area contributed by atoms with Crippen molar-refractivity contribution in [2.75, 3.05) is 0 Å². The summed E-state index contributed by atoms with van der Waals surface area (Å²) in [6.07, 6.45) is 2.75. The molecule has 0 fully saturated rings. The van der Waals surface area contributed by atoms with Crippen molar-refractivity contribution in [1.82, 2.24) is 15.0 Å². The topological polar surface area (TPSA) is 58.6 Å². The van der Waals surface area contributed by atoms with E-state index in [-0.39, 0.29) is 5.56 Å². The molecule has 0 unspecified atom stereocenters. The minimum Gasteiger partial charge on any atom is -0.301 e. The van der Waals surface area contributed by atoms with Crippen LogP contribution >= 0.6 is 11.8 Å². The molecule has 0 atom stereocenters. The van der Waals surface area contributed by atoms with Crippen molar-refractivity contribution in [2.24, 2.45) is 0 Å². The number of aromatic nitrogens is 3. The molecule has 18 heavy (non-hydrogen) atoms. The highest BCUT2D eigenvalue weighted by Crippen LogP contribution is 2.19. The number of nitrogens with one attached hydrogen (secondary N) is 1. The Balaban J connectivity index is 2.13. The molecular formula is C13H15N3OS. The lowest BCUT2D eigenvalue weighted by Crippen LogP contribution is -2.08. The van der Waals surface area contributed by atoms with Crippen LogP contribution in [0.4, 0.5) is 0 Å². The van der Waals surface area contributed by atoms with E-state index in [9.17, 15) is 4.79 Å². The van der Waals surface area contributed by atoms with Gasteiger partial charge in [0.15, 0.2) is 5.16 Å². The van der Waals surface area contributed by atoms with Crippen LogP contribution in [0.25, 0.3) is 0 Å². The quantitative estimate of drug-likeness (QED) is 0.678. The highest BCUT2D eigenvalue weighted by atomic mass is 32.2. The molecule has 0 spiro atoms. The van der Waals surface area contributed by atoms with Gasteiger partial charge in [-0.05, 0) is 25.0 Å². The van der Waals surface area contributed by atoms with Crippen LogP contribution < -0.4 is 5.56 Å². The molecule has 0 aliphatic rings. The van der Waals surface area contributed by atoms with Gasteiger partial charge in [-0.3, -0.25) is 9.78 Å². The Bertz CT molecular complexity index is 595. The van der Waals surface area contributed by atoms with Crippen molar-refractivity contribution in [1.29, 1.82) is 0 Å². The maximum atomic E-state index is 11.3. The Kier molecular flexibility index (Phi) is 4.15. The van der Waals surface area contributed by atoms with Crippen LogP contribution in [-0.2, 0) is 12.2 Å². The minimum absolute atomic E-state index is 0.110. The highest BCUT2D eigenvalue weighted by molar-refractivity contribution is 7.98. The van der Waals surface area contributed by atoms with Gasteiger partial charge in [0.1, 0.15) is 0 Å². The summed E-state index contributed by atoms with van der Waals surface area (Å²) in [7, 11) is 0. The number of hydrogen-bond acceptors (Lipinski definition) is 4. The number of nitrogens with zero attached hydrogens (tertiary/aromatic N) is 2. The fourth-order valence-corrected chi connectivity index (χ4v) is 2.59. The van der Waals surface area contributed by atoms with E-state index in [2.05, 4.69) is 27.9 Å². The fourth-order valence-electron chi connectivity index (χ4n) is 1.68. The molecule has 0 aliphatic carbocycles. The normalized spacial score (nSPS) is 10.6. The first-order chi connectivity index (χ1) is 8.69. The van der Waals surface area contributed by atoms with E-state index in [4.69, 9.17) is 0 Å². The van der Waals surface area contributed by atoms with Crippen LogP contribution in [-0.4, -0.2) is 15.0 Å². The second-order valence-corrected chi connectivity index (χ2v) is 4.91. The molecule has 1 N–H and O–H groups in total. The van der Waals surface area contributed by atoms with E-state index >= 15 is 0 Å². The zero-order valence-corrected chi connectivity index (χ0v) is 11.3. The third-order valence-electron chi connectivity index (χ3n) is 2.56. The lowest BCUT2D eigenvalue weighted by atomic mass is 10.1. The summed E-state index contributed by atoms with van der Waals surface area (Å²) in [5, 5.41) is 0.646. The largest absolute Gasteiger partial charge is 0.301 e. The smallest absolute Gasteiger partial charge is 0.251 e. The van der Waals surface area contributed by atoms with Crippen LogP contribution in [0, 0.1) is 6.92 Å². The van der Waals surface area contributed by atoms with Gasteiger partial charge in [-0.25, -0.2) is 4.98 Å². The van der Waals surface area contributed by atoms with E-state index in [1.165, 1.54) is 23.4 Å². The Morgan fingerprint density at radius 1 is 1.44 bits per heavy atom. The summed E-state index contributed by atoms with van der Waals surface area (Å²) in [6, 6.07) is 5.51. The summed E-state index contributed by atoms with van der Waals surface area (Å²) in [6.45, 7) is 3.93. The predicted octanol–water partition coefficient (Wildman–Crippen LogP) is 2.33. The van der Waals surface area contributed by atoms with Gasteiger partial charge in [0, 0.05) is 23.7 Å². The molecule has 5 heteroatoms. The summed E-state index contributed by atoms with van der Waals surface area (Å²) in [5.41, 5.74) is 2.91. The van der Waals surface area contributed by atoms with Crippen molar-refractivity contribution >= 4 is 11.8 Å². The lowest BCUT2D eigenvalue weighted by molar-refractivity contribution is 0.903.